The van der Waals surface area contributed by atoms with Gasteiger partial charge in [-0.3, -0.25) is 0 Å². The van der Waals surface area contributed by atoms with Crippen molar-refractivity contribution in [2.45, 2.75) is 25.2 Å². The van der Waals surface area contributed by atoms with Crippen molar-refractivity contribution in [1.29, 1.82) is 0 Å². The lowest BCUT2D eigenvalue weighted by atomic mass is 9.78. The molecule has 4 aromatic rings. The molecule has 0 spiro atoms. The lowest BCUT2D eigenvalue weighted by Crippen LogP contribution is -2.19. The predicted octanol–water partition coefficient (Wildman–Crippen LogP) is 6.37. The molecule has 7 nitrogen and oxygen atoms in total. The molecule has 1 aliphatic rings. The number of carbonyl (C=O) groups is 1. The maximum absolute atomic E-state index is 13.1. The summed E-state index contributed by atoms with van der Waals surface area (Å²) in [6.07, 6.45) is 4.94. The van der Waals surface area contributed by atoms with Crippen molar-refractivity contribution in [2.75, 3.05) is 43.1 Å². The molecule has 0 fully saturated rings. The molecule has 5 rings (SSSR count). The Balaban J connectivity index is 1.27. The number of carbonyl (C=O) groups excluding carboxylic acids is 1. The number of amides is 2. The molecular formula is C31H33FN6O. The van der Waals surface area contributed by atoms with Gasteiger partial charge in [-0.05, 0) is 93.0 Å². The second-order valence-corrected chi connectivity index (χ2v) is 10.1. The van der Waals surface area contributed by atoms with E-state index in [4.69, 9.17) is 4.98 Å². The summed E-state index contributed by atoms with van der Waals surface area (Å²) in [4.78, 5) is 24.1. The molecule has 1 heterocycles. The van der Waals surface area contributed by atoms with Crippen molar-refractivity contribution in [2.24, 2.45) is 0 Å². The number of nitrogens with zero attached hydrogens (tertiary/aromatic N) is 3. The highest BCUT2D eigenvalue weighted by Gasteiger charge is 2.27. The smallest absolute Gasteiger partial charge is 0.323 e. The summed E-state index contributed by atoms with van der Waals surface area (Å²) in [6, 6.07) is 21.6. The molecule has 0 saturated heterocycles. The van der Waals surface area contributed by atoms with E-state index in [0.717, 1.165) is 54.7 Å². The quantitative estimate of drug-likeness (QED) is 0.222. The third-order valence-electron chi connectivity index (χ3n) is 6.87. The number of halogens is 1. The van der Waals surface area contributed by atoms with E-state index in [9.17, 15) is 9.18 Å². The van der Waals surface area contributed by atoms with Gasteiger partial charge in [0.15, 0.2) is 0 Å². The molecule has 8 heteroatoms. The Bertz CT molecular complexity index is 1420. The first-order valence-electron chi connectivity index (χ1n) is 13.2. The van der Waals surface area contributed by atoms with E-state index in [1.165, 1.54) is 29.8 Å². The molecule has 0 aliphatic heterocycles. The Hall–Kier alpha value is -4.30. The number of anilines is 3. The van der Waals surface area contributed by atoms with Gasteiger partial charge in [-0.25, -0.2) is 19.2 Å². The molecule has 1 aromatic heterocycles. The molecule has 3 N–H and O–H groups in total. The topological polar surface area (TPSA) is 82.2 Å². The Morgan fingerprint density at radius 1 is 0.949 bits per heavy atom. The molecule has 39 heavy (non-hydrogen) atoms. The zero-order valence-electron chi connectivity index (χ0n) is 22.2. The number of hydrogen-bond acceptors (Lipinski definition) is 5. The largest absolute Gasteiger partial charge is 0.354 e. The Labute approximate surface area is 228 Å². The summed E-state index contributed by atoms with van der Waals surface area (Å²) < 4.78 is 13.1. The maximum Gasteiger partial charge on any atom is 0.323 e. The van der Waals surface area contributed by atoms with Gasteiger partial charge < -0.3 is 20.9 Å². The average molecular weight is 525 g/mol. The second-order valence-electron chi connectivity index (χ2n) is 10.1. The van der Waals surface area contributed by atoms with Crippen LogP contribution in [0, 0.1) is 5.82 Å². The van der Waals surface area contributed by atoms with Crippen molar-refractivity contribution in [3.8, 4) is 11.3 Å². The lowest BCUT2D eigenvalue weighted by molar-refractivity contribution is 0.262. The number of unbranched alkanes of at least 4 members (excludes halogenated alkanes) is 1. The number of fused-ring (bicyclic) bond motifs is 3. The fourth-order valence-corrected chi connectivity index (χ4v) is 4.90. The van der Waals surface area contributed by atoms with E-state index in [-0.39, 0.29) is 17.8 Å². The summed E-state index contributed by atoms with van der Waals surface area (Å²) in [6.45, 7) is 1.92. The normalized spacial score (nSPS) is 13.9. The lowest BCUT2D eigenvalue weighted by Gasteiger charge is -2.27. The molecule has 0 bridgehead atoms. The van der Waals surface area contributed by atoms with Crippen LogP contribution in [-0.4, -0.2) is 48.1 Å². The first-order valence-corrected chi connectivity index (χ1v) is 13.2. The number of hydrogen-bond donors (Lipinski definition) is 3. The third kappa shape index (κ3) is 6.59. The van der Waals surface area contributed by atoms with Crippen molar-refractivity contribution in [3.63, 3.8) is 0 Å². The highest BCUT2D eigenvalue weighted by molar-refractivity contribution is 5.99. The van der Waals surface area contributed by atoms with E-state index in [1.807, 2.05) is 36.5 Å². The minimum Gasteiger partial charge on any atom is -0.354 e. The molecule has 0 radical (unpaired) electrons. The van der Waals surface area contributed by atoms with Crippen LogP contribution >= 0.6 is 0 Å². The zero-order chi connectivity index (χ0) is 27.2. The number of nitrogens with one attached hydrogen (secondary N) is 3. The summed E-state index contributed by atoms with van der Waals surface area (Å²) in [5.74, 6) is 0.476. The highest BCUT2D eigenvalue weighted by Crippen LogP contribution is 2.42. The van der Waals surface area contributed by atoms with E-state index in [0.29, 0.717) is 17.3 Å². The van der Waals surface area contributed by atoms with Crippen molar-refractivity contribution < 1.29 is 9.18 Å². The number of rotatable bonds is 9. The van der Waals surface area contributed by atoms with Crippen molar-refractivity contribution >= 4 is 23.4 Å². The van der Waals surface area contributed by atoms with Gasteiger partial charge >= 0.3 is 6.03 Å². The maximum atomic E-state index is 13.1. The average Bonchev–Trinajstić information content (AvgIpc) is 2.94. The molecule has 1 atom stereocenters. The second kappa shape index (κ2) is 12.0. The summed E-state index contributed by atoms with van der Waals surface area (Å²) in [5.41, 5.74) is 6.82. The molecule has 2 amide bonds. The minimum atomic E-state index is -0.384. The van der Waals surface area contributed by atoms with Gasteiger partial charge in [-0.15, -0.1) is 0 Å². The van der Waals surface area contributed by atoms with Crippen LogP contribution in [-0.2, 0) is 6.42 Å². The number of aromatic nitrogens is 2. The standard InChI is InChI=1S/C31H33FN6O/c1-38(2)18-6-5-17-33-30-34-20-22-19-28(26-7-3-4-8-27(26)29(22)37-30)21-9-13-24(14-10-21)35-31(39)36-25-15-11-23(32)12-16-25/h3-4,7-16,20,28H,5-6,17-19H2,1-2H3,(H,33,34,37)(H2,35,36,39). The van der Waals surface area contributed by atoms with E-state index in [2.05, 4.69) is 58.1 Å². The Kier molecular flexibility index (Phi) is 8.13. The predicted molar refractivity (Wildman–Crippen MR) is 155 cm³/mol. The van der Waals surface area contributed by atoms with Crippen LogP contribution in [0.25, 0.3) is 11.3 Å². The van der Waals surface area contributed by atoms with Crippen LogP contribution < -0.4 is 16.0 Å². The Morgan fingerprint density at radius 3 is 2.36 bits per heavy atom. The van der Waals surface area contributed by atoms with Crippen LogP contribution in [0.15, 0.2) is 79.0 Å². The molecule has 0 saturated carbocycles. The van der Waals surface area contributed by atoms with Crippen molar-refractivity contribution in [1.82, 2.24) is 14.9 Å². The van der Waals surface area contributed by atoms with Gasteiger partial charge in [-0.1, -0.05) is 36.4 Å². The fourth-order valence-electron chi connectivity index (χ4n) is 4.90. The minimum absolute atomic E-state index is 0.157. The summed E-state index contributed by atoms with van der Waals surface area (Å²) in [5, 5.41) is 8.93. The Morgan fingerprint density at radius 2 is 1.64 bits per heavy atom. The molecule has 1 aliphatic carbocycles. The van der Waals surface area contributed by atoms with Crippen LogP contribution in [0.4, 0.5) is 26.5 Å². The molecular weight excluding hydrogens is 491 g/mol. The van der Waals surface area contributed by atoms with Gasteiger partial charge in [0.1, 0.15) is 5.82 Å². The number of benzene rings is 3. The third-order valence-corrected chi connectivity index (χ3v) is 6.87. The van der Waals surface area contributed by atoms with Gasteiger partial charge in [0.25, 0.3) is 0 Å². The van der Waals surface area contributed by atoms with Crippen molar-refractivity contribution in [3.05, 3.63) is 102 Å². The zero-order valence-corrected chi connectivity index (χ0v) is 22.2. The highest BCUT2D eigenvalue weighted by atomic mass is 19.1. The van der Waals surface area contributed by atoms with Gasteiger partial charge in [0.2, 0.25) is 5.95 Å². The number of urea groups is 1. The summed E-state index contributed by atoms with van der Waals surface area (Å²) in [7, 11) is 4.18. The van der Waals surface area contributed by atoms with Gasteiger partial charge in [-0.2, -0.15) is 0 Å². The molecule has 3 aromatic carbocycles. The summed E-state index contributed by atoms with van der Waals surface area (Å²) >= 11 is 0. The fraction of sp³-hybridized carbons (Fsp3) is 0.258. The monoisotopic (exact) mass is 524 g/mol. The van der Waals surface area contributed by atoms with Crippen LogP contribution in [0.5, 0.6) is 0 Å². The molecule has 1 unspecified atom stereocenters. The van der Waals surface area contributed by atoms with E-state index < -0.39 is 0 Å². The van der Waals surface area contributed by atoms with Crippen LogP contribution in [0.2, 0.25) is 0 Å². The van der Waals surface area contributed by atoms with Crippen LogP contribution in [0.3, 0.4) is 0 Å². The van der Waals surface area contributed by atoms with Gasteiger partial charge in [0, 0.05) is 35.6 Å². The van der Waals surface area contributed by atoms with Crippen LogP contribution in [0.1, 0.15) is 35.4 Å². The first kappa shape index (κ1) is 26.3. The molecule has 200 valence electrons. The van der Waals surface area contributed by atoms with E-state index in [1.54, 1.807) is 0 Å². The van der Waals surface area contributed by atoms with Gasteiger partial charge in [0.05, 0.1) is 5.69 Å². The SMILES string of the molecule is CN(C)CCCCNc1ncc2c(n1)-c1ccccc1C(c1ccc(NC(=O)Nc3ccc(F)cc3)cc1)C2. The first-order chi connectivity index (χ1) is 19.0. The van der Waals surface area contributed by atoms with E-state index >= 15 is 0 Å².